The third-order valence-electron chi connectivity index (χ3n) is 4.25. The molecule has 0 bridgehead atoms. The van der Waals surface area contributed by atoms with Crippen LogP contribution in [0, 0.1) is 5.82 Å². The maximum absolute atomic E-state index is 12.9. The minimum absolute atomic E-state index is 0. The second-order valence-electron chi connectivity index (χ2n) is 6.34. The summed E-state index contributed by atoms with van der Waals surface area (Å²) in [5.41, 5.74) is 0.589. The number of hydrogen-bond donors (Lipinski definition) is 0. The summed E-state index contributed by atoms with van der Waals surface area (Å²) in [5, 5.41) is 0. The summed E-state index contributed by atoms with van der Waals surface area (Å²) < 4.78 is 17.2. The minimum atomic E-state index is -0.307. The van der Waals surface area contributed by atoms with Crippen molar-refractivity contribution in [3.05, 3.63) is 54.4 Å². The van der Waals surface area contributed by atoms with Gasteiger partial charge in [0.05, 0.1) is 13.1 Å². The molecule has 1 aromatic carbocycles. The van der Waals surface area contributed by atoms with Crippen molar-refractivity contribution in [3.8, 4) is 0 Å². The minimum Gasteiger partial charge on any atom is -1.00 e. The number of benzene rings is 1. The molecule has 0 spiro atoms. The smallest absolute Gasteiger partial charge is 0.243 e. The molecule has 3 nitrogen and oxygen atoms in total. The van der Waals surface area contributed by atoms with Crippen LogP contribution in [0.25, 0.3) is 0 Å². The molecular formula is C20H28ClFN2O. The number of ketones is 1. The zero-order valence-corrected chi connectivity index (χ0v) is 15.7. The molecule has 138 valence electrons. The quantitative estimate of drug-likeness (QED) is 0.336. The van der Waals surface area contributed by atoms with Crippen LogP contribution in [0.15, 0.2) is 43.0 Å². The first-order valence-electron chi connectivity index (χ1n) is 9.02. The number of rotatable bonds is 11. The standard InChI is InChI=1S/C20H28FN2O.ClH/c1-2-3-4-5-6-13-22-15-16-23(17-22)14-7-8-20(24)18-9-11-19(21)12-10-18;/h9-12,15-17H,2-8,13-14H2,1H3;1H/q+1;/p-1. The molecule has 0 atom stereocenters. The van der Waals surface area contributed by atoms with Gasteiger partial charge in [-0.25, -0.2) is 13.5 Å². The molecule has 0 unspecified atom stereocenters. The number of Topliss-reactive ketones (excluding diaryl/α,β-unsaturated/α-hetero) is 1. The number of aromatic nitrogens is 2. The number of carbonyl (C=O) groups excluding carboxylic acids is 1. The van der Waals surface area contributed by atoms with E-state index in [0.29, 0.717) is 12.0 Å². The van der Waals surface area contributed by atoms with Crippen molar-refractivity contribution < 1.29 is 26.2 Å². The van der Waals surface area contributed by atoms with Crippen LogP contribution in [0.5, 0.6) is 0 Å². The molecule has 0 aliphatic rings. The van der Waals surface area contributed by atoms with Crippen LogP contribution in [0.2, 0.25) is 0 Å². The lowest BCUT2D eigenvalue weighted by molar-refractivity contribution is -0.696. The average molecular weight is 367 g/mol. The second-order valence-corrected chi connectivity index (χ2v) is 6.34. The molecule has 0 aliphatic heterocycles. The Labute approximate surface area is 156 Å². The number of imidazole rings is 1. The van der Waals surface area contributed by atoms with Gasteiger partial charge in [-0.2, -0.15) is 0 Å². The van der Waals surface area contributed by atoms with Gasteiger partial charge in [-0.15, -0.1) is 0 Å². The molecule has 0 aliphatic carbocycles. The second kappa shape index (κ2) is 11.8. The molecule has 0 N–H and O–H groups in total. The maximum atomic E-state index is 12.9. The maximum Gasteiger partial charge on any atom is 0.243 e. The van der Waals surface area contributed by atoms with Crippen LogP contribution < -0.4 is 17.0 Å². The molecule has 0 amide bonds. The number of hydrogen-bond acceptors (Lipinski definition) is 1. The Balaban J connectivity index is 0.00000312. The normalized spacial score (nSPS) is 10.5. The summed E-state index contributed by atoms with van der Waals surface area (Å²) >= 11 is 0. The fourth-order valence-corrected chi connectivity index (χ4v) is 2.80. The van der Waals surface area contributed by atoms with Gasteiger partial charge in [-0.3, -0.25) is 4.79 Å². The Morgan fingerprint density at radius 2 is 1.80 bits per heavy atom. The van der Waals surface area contributed by atoms with Crippen LogP contribution in [0.1, 0.15) is 62.2 Å². The van der Waals surface area contributed by atoms with Crippen molar-refractivity contribution in [1.29, 1.82) is 0 Å². The first-order chi connectivity index (χ1) is 11.7. The Morgan fingerprint density at radius 1 is 1.08 bits per heavy atom. The van der Waals surface area contributed by atoms with Crippen molar-refractivity contribution >= 4 is 5.78 Å². The molecule has 1 heterocycles. The SMILES string of the molecule is CCCCCCCn1cc[n+](CCCC(=O)c2ccc(F)cc2)c1.[Cl-]. The predicted octanol–water partition coefficient (Wildman–Crippen LogP) is 1.55. The van der Waals surface area contributed by atoms with E-state index in [1.807, 2.05) is 0 Å². The first kappa shape index (κ1) is 21.4. The molecular weight excluding hydrogens is 339 g/mol. The summed E-state index contributed by atoms with van der Waals surface area (Å²) in [6.07, 6.45) is 14.0. The highest BCUT2D eigenvalue weighted by Crippen LogP contribution is 2.07. The van der Waals surface area contributed by atoms with E-state index < -0.39 is 0 Å². The van der Waals surface area contributed by atoms with Gasteiger partial charge in [0.25, 0.3) is 0 Å². The Hall–Kier alpha value is -1.68. The highest BCUT2D eigenvalue weighted by Gasteiger charge is 2.08. The summed E-state index contributed by atoms with van der Waals surface area (Å²) in [5.74, 6) is -0.232. The molecule has 25 heavy (non-hydrogen) atoms. The zero-order chi connectivity index (χ0) is 17.2. The number of aryl methyl sites for hydroxylation is 2. The van der Waals surface area contributed by atoms with Crippen LogP contribution in [-0.2, 0) is 13.1 Å². The molecule has 0 radical (unpaired) electrons. The van der Waals surface area contributed by atoms with E-state index in [4.69, 9.17) is 0 Å². The van der Waals surface area contributed by atoms with E-state index in [1.54, 1.807) is 12.1 Å². The molecule has 5 heteroatoms. The van der Waals surface area contributed by atoms with Crippen molar-refractivity contribution in [2.24, 2.45) is 0 Å². The van der Waals surface area contributed by atoms with E-state index in [-0.39, 0.29) is 24.0 Å². The summed E-state index contributed by atoms with van der Waals surface area (Å²) in [6.45, 7) is 4.12. The van der Waals surface area contributed by atoms with Crippen LogP contribution in [-0.4, -0.2) is 10.4 Å². The third-order valence-corrected chi connectivity index (χ3v) is 4.25. The molecule has 0 saturated heterocycles. The fraction of sp³-hybridized carbons (Fsp3) is 0.500. The molecule has 0 fully saturated rings. The average Bonchev–Trinajstić information content (AvgIpc) is 3.03. The number of halogens is 2. The Morgan fingerprint density at radius 3 is 2.52 bits per heavy atom. The van der Waals surface area contributed by atoms with Gasteiger partial charge in [0.2, 0.25) is 6.33 Å². The molecule has 1 aromatic heterocycles. The van der Waals surface area contributed by atoms with Crippen LogP contribution in [0.3, 0.4) is 0 Å². The van der Waals surface area contributed by atoms with Gasteiger partial charge in [-0.1, -0.05) is 26.2 Å². The molecule has 2 aromatic rings. The number of carbonyl (C=O) groups is 1. The summed E-state index contributed by atoms with van der Waals surface area (Å²) in [7, 11) is 0. The zero-order valence-electron chi connectivity index (χ0n) is 15.0. The van der Waals surface area contributed by atoms with Crippen LogP contribution in [0.4, 0.5) is 4.39 Å². The lowest BCUT2D eigenvalue weighted by atomic mass is 10.1. The van der Waals surface area contributed by atoms with Crippen molar-refractivity contribution in [2.45, 2.75) is 65.0 Å². The Bertz CT molecular complexity index is 625. The monoisotopic (exact) mass is 366 g/mol. The highest BCUT2D eigenvalue weighted by atomic mass is 35.5. The van der Waals surface area contributed by atoms with E-state index in [9.17, 15) is 9.18 Å². The van der Waals surface area contributed by atoms with E-state index >= 15 is 0 Å². The summed E-state index contributed by atoms with van der Waals surface area (Å²) in [4.78, 5) is 12.0. The third kappa shape index (κ3) is 7.82. The van der Waals surface area contributed by atoms with E-state index in [1.165, 1.54) is 44.2 Å². The van der Waals surface area contributed by atoms with Gasteiger partial charge < -0.3 is 12.4 Å². The lowest BCUT2D eigenvalue weighted by Crippen LogP contribution is -3.00. The molecule has 0 saturated carbocycles. The van der Waals surface area contributed by atoms with Crippen LogP contribution >= 0.6 is 0 Å². The predicted molar refractivity (Wildman–Crippen MR) is 93.4 cm³/mol. The van der Waals surface area contributed by atoms with E-state index in [0.717, 1.165) is 19.5 Å². The number of nitrogens with zero attached hydrogens (tertiary/aromatic N) is 2. The highest BCUT2D eigenvalue weighted by molar-refractivity contribution is 5.95. The largest absolute Gasteiger partial charge is 1.00 e. The van der Waals surface area contributed by atoms with Crippen molar-refractivity contribution in [1.82, 2.24) is 4.57 Å². The van der Waals surface area contributed by atoms with Crippen molar-refractivity contribution in [3.63, 3.8) is 0 Å². The van der Waals surface area contributed by atoms with Gasteiger partial charge in [0, 0.05) is 12.0 Å². The molecule has 2 rings (SSSR count). The van der Waals surface area contributed by atoms with Gasteiger partial charge in [0.1, 0.15) is 18.2 Å². The van der Waals surface area contributed by atoms with Gasteiger partial charge >= 0.3 is 0 Å². The summed E-state index contributed by atoms with van der Waals surface area (Å²) in [6, 6.07) is 5.78. The van der Waals surface area contributed by atoms with Crippen molar-refractivity contribution in [2.75, 3.05) is 0 Å². The van der Waals surface area contributed by atoms with E-state index in [2.05, 4.69) is 34.8 Å². The number of unbranched alkanes of at least 4 members (excludes halogenated alkanes) is 4. The Kier molecular flexibility index (Phi) is 10.1. The first-order valence-corrected chi connectivity index (χ1v) is 9.02. The lowest BCUT2D eigenvalue weighted by Gasteiger charge is -2.00. The topological polar surface area (TPSA) is 25.9 Å². The van der Waals surface area contributed by atoms with Gasteiger partial charge in [-0.05, 0) is 43.5 Å². The van der Waals surface area contributed by atoms with Gasteiger partial charge in [0.15, 0.2) is 5.78 Å². The fourth-order valence-electron chi connectivity index (χ4n) is 2.80.